The van der Waals surface area contributed by atoms with Crippen molar-refractivity contribution in [2.75, 3.05) is 25.6 Å². The third kappa shape index (κ3) is 4.77. The Hall–Kier alpha value is -2.01. The third-order valence-electron chi connectivity index (χ3n) is 3.05. The van der Waals surface area contributed by atoms with Crippen LogP contribution in [0.15, 0.2) is 53.0 Å². The van der Waals surface area contributed by atoms with E-state index in [1.54, 1.807) is 6.07 Å². The Kier molecular flexibility index (Phi) is 6.27. The highest BCUT2D eigenvalue weighted by Crippen LogP contribution is 2.17. The number of para-hydroxylation sites is 1. The standard InChI is InChI=1S/C17H18BrNO3/c1-21-17(20)15-5-2-3-6-16(15)19-11-4-12-22-14-9-7-13(18)8-10-14/h2-3,5-10,19H,4,11-12H2,1H3. The third-order valence-corrected chi connectivity index (χ3v) is 3.58. The first kappa shape index (κ1) is 16.4. The summed E-state index contributed by atoms with van der Waals surface area (Å²) in [5.74, 6) is 0.507. The molecule has 0 atom stereocenters. The number of benzene rings is 2. The highest BCUT2D eigenvalue weighted by atomic mass is 79.9. The maximum atomic E-state index is 11.6. The van der Waals surface area contributed by atoms with E-state index in [0.717, 1.165) is 22.3 Å². The van der Waals surface area contributed by atoms with Crippen molar-refractivity contribution in [2.45, 2.75) is 6.42 Å². The number of ether oxygens (including phenoxy) is 2. The first-order valence-corrected chi connectivity index (χ1v) is 7.79. The molecule has 0 amide bonds. The number of methoxy groups -OCH3 is 1. The lowest BCUT2D eigenvalue weighted by Crippen LogP contribution is -2.11. The Balaban J connectivity index is 1.77. The second-order valence-electron chi connectivity index (χ2n) is 4.62. The quantitative estimate of drug-likeness (QED) is 0.593. The molecule has 0 aliphatic rings. The first-order chi connectivity index (χ1) is 10.7. The second-order valence-corrected chi connectivity index (χ2v) is 5.54. The van der Waals surface area contributed by atoms with Crippen molar-refractivity contribution in [3.63, 3.8) is 0 Å². The minimum atomic E-state index is -0.339. The van der Waals surface area contributed by atoms with Crippen LogP contribution in [-0.4, -0.2) is 26.2 Å². The first-order valence-electron chi connectivity index (χ1n) is 7.00. The Morgan fingerprint density at radius 2 is 1.86 bits per heavy atom. The van der Waals surface area contributed by atoms with Crippen LogP contribution >= 0.6 is 15.9 Å². The van der Waals surface area contributed by atoms with Crippen LogP contribution in [0.25, 0.3) is 0 Å². The fraction of sp³-hybridized carbons (Fsp3) is 0.235. The van der Waals surface area contributed by atoms with E-state index in [2.05, 4.69) is 21.2 Å². The lowest BCUT2D eigenvalue weighted by atomic mass is 10.2. The summed E-state index contributed by atoms with van der Waals surface area (Å²) in [6, 6.07) is 15.0. The van der Waals surface area contributed by atoms with Crippen LogP contribution < -0.4 is 10.1 Å². The molecule has 2 rings (SSSR count). The summed E-state index contributed by atoms with van der Waals surface area (Å²) in [4.78, 5) is 11.6. The number of hydrogen-bond acceptors (Lipinski definition) is 4. The zero-order valence-electron chi connectivity index (χ0n) is 12.3. The largest absolute Gasteiger partial charge is 0.494 e. The van der Waals surface area contributed by atoms with Crippen LogP contribution in [0.2, 0.25) is 0 Å². The molecule has 0 saturated carbocycles. The normalized spacial score (nSPS) is 10.1. The van der Waals surface area contributed by atoms with Gasteiger partial charge in [-0.25, -0.2) is 4.79 Å². The average molecular weight is 364 g/mol. The molecule has 0 aliphatic carbocycles. The summed E-state index contributed by atoms with van der Waals surface area (Å²) in [5, 5.41) is 3.24. The Morgan fingerprint density at radius 3 is 2.59 bits per heavy atom. The molecule has 0 radical (unpaired) electrons. The molecule has 2 aromatic carbocycles. The Labute approximate surface area is 138 Å². The number of esters is 1. The van der Waals surface area contributed by atoms with Crippen LogP contribution in [0.4, 0.5) is 5.69 Å². The molecule has 0 unspecified atom stereocenters. The predicted molar refractivity (Wildman–Crippen MR) is 90.5 cm³/mol. The van der Waals surface area contributed by atoms with E-state index >= 15 is 0 Å². The molecule has 0 aromatic heterocycles. The molecule has 0 aliphatic heterocycles. The smallest absolute Gasteiger partial charge is 0.339 e. The number of anilines is 1. The molecule has 0 bridgehead atoms. The van der Waals surface area contributed by atoms with E-state index in [4.69, 9.17) is 9.47 Å². The second kappa shape index (κ2) is 8.44. The monoisotopic (exact) mass is 363 g/mol. The van der Waals surface area contributed by atoms with Crippen LogP contribution in [-0.2, 0) is 4.74 Å². The van der Waals surface area contributed by atoms with E-state index in [-0.39, 0.29) is 5.97 Å². The molecule has 5 heteroatoms. The van der Waals surface area contributed by atoms with Crippen molar-refractivity contribution in [1.29, 1.82) is 0 Å². The van der Waals surface area contributed by atoms with Crippen molar-refractivity contribution < 1.29 is 14.3 Å². The Morgan fingerprint density at radius 1 is 1.14 bits per heavy atom. The summed E-state index contributed by atoms with van der Waals surface area (Å²) in [6.07, 6.45) is 0.825. The molecular weight excluding hydrogens is 346 g/mol. The van der Waals surface area contributed by atoms with E-state index < -0.39 is 0 Å². The van der Waals surface area contributed by atoms with Crippen molar-refractivity contribution in [1.82, 2.24) is 0 Å². The van der Waals surface area contributed by atoms with Crippen LogP contribution in [0.1, 0.15) is 16.8 Å². The van der Waals surface area contributed by atoms with Crippen LogP contribution in [0, 0.1) is 0 Å². The van der Waals surface area contributed by atoms with Gasteiger partial charge in [-0.3, -0.25) is 0 Å². The van der Waals surface area contributed by atoms with Crippen LogP contribution in [0.5, 0.6) is 5.75 Å². The van der Waals surface area contributed by atoms with Crippen molar-refractivity contribution in [3.8, 4) is 5.75 Å². The van der Waals surface area contributed by atoms with Gasteiger partial charge in [0.15, 0.2) is 0 Å². The molecule has 2 aromatic rings. The minimum absolute atomic E-state index is 0.339. The van der Waals surface area contributed by atoms with Gasteiger partial charge >= 0.3 is 5.97 Å². The highest BCUT2D eigenvalue weighted by molar-refractivity contribution is 9.10. The molecule has 0 saturated heterocycles. The summed E-state index contributed by atoms with van der Waals surface area (Å²) in [7, 11) is 1.38. The molecule has 4 nitrogen and oxygen atoms in total. The topological polar surface area (TPSA) is 47.6 Å². The SMILES string of the molecule is COC(=O)c1ccccc1NCCCOc1ccc(Br)cc1. The number of halogens is 1. The van der Waals surface area contributed by atoms with Crippen molar-refractivity contribution in [3.05, 3.63) is 58.6 Å². The molecular formula is C17H18BrNO3. The van der Waals surface area contributed by atoms with Gasteiger partial charge < -0.3 is 14.8 Å². The summed E-state index contributed by atoms with van der Waals surface area (Å²) < 4.78 is 11.4. The molecule has 0 heterocycles. The van der Waals surface area contributed by atoms with Crippen molar-refractivity contribution in [2.24, 2.45) is 0 Å². The van der Waals surface area contributed by atoms with Gasteiger partial charge in [0, 0.05) is 16.7 Å². The Bertz CT molecular complexity index is 614. The molecule has 0 spiro atoms. The molecule has 1 N–H and O–H groups in total. The van der Waals surface area contributed by atoms with Gasteiger partial charge in [0.05, 0.1) is 19.3 Å². The van der Waals surface area contributed by atoms with Crippen molar-refractivity contribution >= 4 is 27.6 Å². The van der Waals surface area contributed by atoms with Crippen LogP contribution in [0.3, 0.4) is 0 Å². The number of carbonyl (C=O) groups is 1. The lowest BCUT2D eigenvalue weighted by molar-refractivity contribution is 0.0602. The highest BCUT2D eigenvalue weighted by Gasteiger charge is 2.09. The lowest BCUT2D eigenvalue weighted by Gasteiger charge is -2.11. The van der Waals surface area contributed by atoms with Gasteiger partial charge in [-0.15, -0.1) is 0 Å². The van der Waals surface area contributed by atoms with Gasteiger partial charge in [0.1, 0.15) is 5.75 Å². The maximum absolute atomic E-state index is 11.6. The molecule has 116 valence electrons. The maximum Gasteiger partial charge on any atom is 0.339 e. The summed E-state index contributed by atoms with van der Waals surface area (Å²) in [5.41, 5.74) is 1.32. The van der Waals surface area contributed by atoms with E-state index in [9.17, 15) is 4.79 Å². The number of carbonyl (C=O) groups excluding carboxylic acids is 1. The summed E-state index contributed by atoms with van der Waals surface area (Å²) >= 11 is 3.39. The number of rotatable bonds is 7. The van der Waals surface area contributed by atoms with Gasteiger partial charge in [0.2, 0.25) is 0 Å². The van der Waals surface area contributed by atoms with E-state index in [1.165, 1.54) is 7.11 Å². The van der Waals surface area contributed by atoms with E-state index in [1.807, 2.05) is 42.5 Å². The fourth-order valence-electron chi connectivity index (χ4n) is 1.94. The predicted octanol–water partition coefficient (Wildman–Crippen LogP) is 4.12. The number of nitrogens with one attached hydrogen (secondary N) is 1. The average Bonchev–Trinajstić information content (AvgIpc) is 2.56. The fourth-order valence-corrected chi connectivity index (χ4v) is 2.21. The number of hydrogen-bond donors (Lipinski definition) is 1. The minimum Gasteiger partial charge on any atom is -0.494 e. The van der Waals surface area contributed by atoms with Gasteiger partial charge in [0.25, 0.3) is 0 Å². The molecule has 0 fully saturated rings. The van der Waals surface area contributed by atoms with Gasteiger partial charge in [-0.2, -0.15) is 0 Å². The zero-order valence-corrected chi connectivity index (χ0v) is 13.9. The van der Waals surface area contributed by atoms with E-state index in [0.29, 0.717) is 18.7 Å². The zero-order chi connectivity index (χ0) is 15.8. The summed E-state index contributed by atoms with van der Waals surface area (Å²) in [6.45, 7) is 1.32. The molecule has 22 heavy (non-hydrogen) atoms. The van der Waals surface area contributed by atoms with Gasteiger partial charge in [-0.1, -0.05) is 28.1 Å². The van der Waals surface area contributed by atoms with Gasteiger partial charge in [-0.05, 0) is 42.8 Å².